The van der Waals surface area contributed by atoms with E-state index >= 15 is 0 Å². The molecule has 204 valence electrons. The minimum absolute atomic E-state index is 0.114. The highest BCUT2D eigenvalue weighted by Crippen LogP contribution is 2.45. The molecule has 0 spiro atoms. The zero-order chi connectivity index (χ0) is 26.8. The van der Waals surface area contributed by atoms with Crippen molar-refractivity contribution < 1.29 is 35.5 Å². The number of hydrogen-bond acceptors (Lipinski definition) is 1. The molecular formula is C29H33F7O. The normalized spacial score (nSPS) is 25.2. The third-order valence-corrected chi connectivity index (χ3v) is 8.29. The second kappa shape index (κ2) is 11.2. The predicted molar refractivity (Wildman–Crippen MR) is 127 cm³/mol. The van der Waals surface area contributed by atoms with Gasteiger partial charge in [0.25, 0.3) is 0 Å². The zero-order valence-corrected chi connectivity index (χ0v) is 20.9. The van der Waals surface area contributed by atoms with Crippen molar-refractivity contribution in [1.29, 1.82) is 0 Å². The van der Waals surface area contributed by atoms with Gasteiger partial charge in [-0.2, -0.15) is 22.0 Å². The number of alkyl halides is 5. The molecule has 2 fully saturated rings. The van der Waals surface area contributed by atoms with E-state index in [0.717, 1.165) is 49.0 Å². The molecule has 2 saturated carbocycles. The smallest absolute Gasteiger partial charge is 0.426 e. The van der Waals surface area contributed by atoms with Crippen LogP contribution in [-0.4, -0.2) is 0 Å². The van der Waals surface area contributed by atoms with Crippen LogP contribution in [0.1, 0.15) is 93.7 Å². The number of hydrogen-bond donors (Lipinski definition) is 0. The molecule has 0 aliphatic heterocycles. The van der Waals surface area contributed by atoms with Gasteiger partial charge >= 0.3 is 12.3 Å². The van der Waals surface area contributed by atoms with Gasteiger partial charge in [0.05, 0.1) is 5.56 Å². The summed E-state index contributed by atoms with van der Waals surface area (Å²) in [6.45, 7) is 2.25. The molecule has 0 aromatic heterocycles. The van der Waals surface area contributed by atoms with Crippen LogP contribution in [0.3, 0.4) is 0 Å². The standard InChI is InChI=1S/C29H33F7O/c1-2-3-18-4-6-19(7-5-18)20-8-10-21(11-9-20)22-12-14-23(15-13-22)29(35,36)37-24-16-25(30)27(26(31)17-24)28(32,33)34/h12-21H,2-11H2,1H3/t18-,19-,20-,21-. The quantitative estimate of drug-likeness (QED) is 0.324. The average Bonchev–Trinajstić information content (AvgIpc) is 2.83. The Bertz CT molecular complexity index is 1010. The Morgan fingerprint density at radius 1 is 0.757 bits per heavy atom. The molecule has 8 heteroatoms. The summed E-state index contributed by atoms with van der Waals surface area (Å²) in [5.74, 6) is -2.35. The van der Waals surface area contributed by atoms with Gasteiger partial charge in [-0.3, -0.25) is 0 Å². The van der Waals surface area contributed by atoms with Crippen LogP contribution in [-0.2, 0) is 12.3 Å². The number of rotatable bonds is 7. The summed E-state index contributed by atoms with van der Waals surface area (Å²) in [4.78, 5) is 0. The second-order valence-corrected chi connectivity index (χ2v) is 10.7. The van der Waals surface area contributed by atoms with Gasteiger partial charge < -0.3 is 4.74 Å². The van der Waals surface area contributed by atoms with Crippen molar-refractivity contribution in [1.82, 2.24) is 0 Å². The summed E-state index contributed by atoms with van der Waals surface area (Å²) in [7, 11) is 0. The van der Waals surface area contributed by atoms with Crippen LogP contribution in [0.25, 0.3) is 0 Å². The van der Waals surface area contributed by atoms with Crippen molar-refractivity contribution in [2.75, 3.05) is 0 Å². The second-order valence-electron chi connectivity index (χ2n) is 10.7. The van der Waals surface area contributed by atoms with Gasteiger partial charge in [-0.15, -0.1) is 0 Å². The largest absolute Gasteiger partial charge is 0.429 e. The van der Waals surface area contributed by atoms with Crippen LogP contribution in [0.2, 0.25) is 0 Å². The van der Waals surface area contributed by atoms with Crippen molar-refractivity contribution in [2.45, 2.75) is 89.3 Å². The minimum Gasteiger partial charge on any atom is -0.429 e. The highest BCUT2D eigenvalue weighted by molar-refractivity contribution is 5.34. The van der Waals surface area contributed by atoms with Crippen LogP contribution < -0.4 is 4.74 Å². The molecule has 2 aliphatic rings. The van der Waals surface area contributed by atoms with Crippen molar-refractivity contribution in [3.8, 4) is 5.75 Å². The van der Waals surface area contributed by atoms with Crippen LogP contribution in [0.4, 0.5) is 30.7 Å². The summed E-state index contributed by atoms with van der Waals surface area (Å²) in [6.07, 6.45) is 2.91. The molecule has 0 atom stereocenters. The van der Waals surface area contributed by atoms with E-state index in [9.17, 15) is 30.7 Å². The van der Waals surface area contributed by atoms with E-state index in [1.54, 1.807) is 12.1 Å². The third-order valence-electron chi connectivity index (χ3n) is 8.29. The number of ether oxygens (including phenoxy) is 1. The van der Waals surface area contributed by atoms with Gasteiger partial charge in [-0.05, 0) is 79.9 Å². The molecule has 0 saturated heterocycles. The van der Waals surface area contributed by atoms with Crippen molar-refractivity contribution in [3.63, 3.8) is 0 Å². The fourth-order valence-electron chi connectivity index (χ4n) is 6.32. The Hall–Kier alpha value is -2.25. The SMILES string of the molecule is CCC[C@H]1CC[C@H]([C@H]2CC[C@H](c3ccc(C(F)(F)Oc4cc(F)c(C(F)(F)F)c(F)c4)cc3)CC2)CC1. The molecular weight excluding hydrogens is 497 g/mol. The van der Waals surface area contributed by atoms with E-state index < -0.39 is 40.8 Å². The first kappa shape index (κ1) is 27.8. The minimum atomic E-state index is -5.29. The monoisotopic (exact) mass is 530 g/mol. The van der Waals surface area contributed by atoms with Crippen molar-refractivity contribution in [2.24, 2.45) is 17.8 Å². The zero-order valence-electron chi connectivity index (χ0n) is 20.9. The molecule has 0 unspecified atom stereocenters. The van der Waals surface area contributed by atoms with Crippen LogP contribution >= 0.6 is 0 Å². The lowest BCUT2D eigenvalue weighted by atomic mass is 9.68. The first-order valence-electron chi connectivity index (χ1n) is 13.2. The maximum Gasteiger partial charge on any atom is 0.426 e. The molecule has 1 nitrogen and oxygen atoms in total. The summed E-state index contributed by atoms with van der Waals surface area (Å²) in [6, 6.07) is 5.86. The molecule has 2 aromatic rings. The maximum absolute atomic E-state index is 14.7. The molecule has 2 aromatic carbocycles. The maximum atomic E-state index is 14.7. The highest BCUT2D eigenvalue weighted by Gasteiger charge is 2.40. The topological polar surface area (TPSA) is 9.23 Å². The summed E-state index contributed by atoms with van der Waals surface area (Å²) < 4.78 is 99.4. The van der Waals surface area contributed by atoms with E-state index in [2.05, 4.69) is 11.7 Å². The molecule has 0 N–H and O–H groups in total. The highest BCUT2D eigenvalue weighted by atomic mass is 19.4. The fourth-order valence-corrected chi connectivity index (χ4v) is 6.32. The van der Waals surface area contributed by atoms with Gasteiger partial charge in [-0.1, -0.05) is 44.7 Å². The first-order valence-corrected chi connectivity index (χ1v) is 13.2. The Kier molecular flexibility index (Phi) is 8.44. The van der Waals surface area contributed by atoms with Gasteiger partial charge in [0.2, 0.25) is 0 Å². The fraction of sp³-hybridized carbons (Fsp3) is 0.586. The average molecular weight is 531 g/mol. The summed E-state index contributed by atoms with van der Waals surface area (Å²) in [5, 5.41) is 0. The van der Waals surface area contributed by atoms with E-state index in [1.165, 1.54) is 50.7 Å². The summed E-state index contributed by atoms with van der Waals surface area (Å²) >= 11 is 0. The van der Waals surface area contributed by atoms with E-state index in [-0.39, 0.29) is 18.1 Å². The van der Waals surface area contributed by atoms with Crippen LogP contribution in [0.5, 0.6) is 5.75 Å². The lowest BCUT2D eigenvalue weighted by molar-refractivity contribution is -0.185. The molecule has 0 amide bonds. The molecule has 4 rings (SSSR count). The van der Waals surface area contributed by atoms with Gasteiger partial charge in [0, 0.05) is 12.1 Å². The molecule has 0 heterocycles. The molecule has 2 aliphatic carbocycles. The van der Waals surface area contributed by atoms with Gasteiger partial charge in [0.1, 0.15) is 22.9 Å². The number of benzene rings is 2. The Morgan fingerprint density at radius 2 is 1.27 bits per heavy atom. The van der Waals surface area contributed by atoms with Gasteiger partial charge in [0.15, 0.2) is 0 Å². The Balaban J connectivity index is 1.34. The molecule has 37 heavy (non-hydrogen) atoms. The predicted octanol–water partition coefficient (Wildman–Crippen LogP) is 9.99. The van der Waals surface area contributed by atoms with E-state index in [0.29, 0.717) is 0 Å². The van der Waals surface area contributed by atoms with Crippen molar-refractivity contribution >= 4 is 0 Å². The lowest BCUT2D eigenvalue weighted by Crippen LogP contribution is -2.25. The lowest BCUT2D eigenvalue weighted by Gasteiger charge is -2.38. The first-order chi connectivity index (χ1) is 17.5. The molecule has 0 radical (unpaired) electrons. The van der Waals surface area contributed by atoms with Gasteiger partial charge in [-0.25, -0.2) is 8.78 Å². The van der Waals surface area contributed by atoms with Crippen molar-refractivity contribution in [3.05, 3.63) is 64.7 Å². The summed E-state index contributed by atoms with van der Waals surface area (Å²) in [5.41, 5.74) is -1.74. The van der Waals surface area contributed by atoms with E-state index in [1.807, 2.05) is 0 Å². The third kappa shape index (κ3) is 6.61. The van der Waals surface area contributed by atoms with Crippen LogP contribution in [0, 0.1) is 29.4 Å². The Morgan fingerprint density at radius 3 is 1.76 bits per heavy atom. The number of halogens is 7. The van der Waals surface area contributed by atoms with E-state index in [4.69, 9.17) is 0 Å². The molecule has 0 bridgehead atoms. The van der Waals surface area contributed by atoms with Crippen LogP contribution in [0.15, 0.2) is 36.4 Å². The Labute approximate surface area is 213 Å².